The van der Waals surface area contributed by atoms with E-state index in [1.165, 1.54) is 30.5 Å². The van der Waals surface area contributed by atoms with Crippen LogP contribution in [-0.4, -0.2) is 33.8 Å². The summed E-state index contributed by atoms with van der Waals surface area (Å²) in [6, 6.07) is 5.37. The van der Waals surface area contributed by atoms with Crippen LogP contribution in [0.25, 0.3) is 0 Å². The summed E-state index contributed by atoms with van der Waals surface area (Å²) in [6.45, 7) is 7.90. The smallest absolute Gasteiger partial charge is 0.273 e. The van der Waals surface area contributed by atoms with E-state index in [9.17, 15) is 14.0 Å². The molecule has 7 heteroatoms. The van der Waals surface area contributed by atoms with E-state index in [-0.39, 0.29) is 42.0 Å². The van der Waals surface area contributed by atoms with Gasteiger partial charge >= 0.3 is 0 Å². The van der Waals surface area contributed by atoms with Crippen molar-refractivity contribution < 1.29 is 18.4 Å². The van der Waals surface area contributed by atoms with E-state index in [1.807, 2.05) is 27.7 Å². The molecule has 0 radical (unpaired) electrons. The zero-order valence-electron chi connectivity index (χ0n) is 16.2. The van der Waals surface area contributed by atoms with Gasteiger partial charge in [0.25, 0.3) is 11.8 Å². The maximum atomic E-state index is 13.1. The molecule has 146 valence electrons. The van der Waals surface area contributed by atoms with E-state index >= 15 is 0 Å². The topological polar surface area (TPSA) is 75.4 Å². The van der Waals surface area contributed by atoms with Crippen molar-refractivity contribution in [1.82, 2.24) is 15.2 Å². The van der Waals surface area contributed by atoms with Gasteiger partial charge in [0.2, 0.25) is 5.89 Å². The highest BCUT2D eigenvalue weighted by Crippen LogP contribution is 2.16. The fourth-order valence-corrected chi connectivity index (χ4v) is 2.44. The van der Waals surface area contributed by atoms with Gasteiger partial charge in [-0.15, -0.1) is 0 Å². The maximum absolute atomic E-state index is 13.1. The summed E-state index contributed by atoms with van der Waals surface area (Å²) in [6.07, 6.45) is 2.84. The summed E-state index contributed by atoms with van der Waals surface area (Å²) in [5, 5.41) is 2.82. The summed E-state index contributed by atoms with van der Waals surface area (Å²) in [5.74, 6) is -0.668. The Kier molecular flexibility index (Phi) is 7.10. The van der Waals surface area contributed by atoms with Crippen LogP contribution in [0.4, 0.5) is 4.39 Å². The van der Waals surface area contributed by atoms with Gasteiger partial charge in [0.05, 0.1) is 6.54 Å². The average Bonchev–Trinajstić information content (AvgIpc) is 3.14. The highest BCUT2D eigenvalue weighted by Gasteiger charge is 2.24. The highest BCUT2D eigenvalue weighted by atomic mass is 19.1. The molecule has 1 aromatic carbocycles. The summed E-state index contributed by atoms with van der Waals surface area (Å²) in [7, 11) is 0. The molecule has 0 aliphatic heterocycles. The molecule has 2 rings (SSSR count). The Labute approximate surface area is 158 Å². The molecule has 2 atom stereocenters. The first kappa shape index (κ1) is 20.6. The van der Waals surface area contributed by atoms with Crippen molar-refractivity contribution in [2.75, 3.05) is 0 Å². The van der Waals surface area contributed by atoms with Gasteiger partial charge in [-0.3, -0.25) is 9.59 Å². The fourth-order valence-electron chi connectivity index (χ4n) is 2.44. The number of benzene rings is 1. The SMILES string of the molecule is CCC(C)NC(=O)c1coc(CN(C(=O)c2ccc(F)cc2)C(C)CC)n1. The summed E-state index contributed by atoms with van der Waals surface area (Å²) in [5.41, 5.74) is 0.571. The van der Waals surface area contributed by atoms with Crippen LogP contribution in [0.5, 0.6) is 0 Å². The second-order valence-corrected chi connectivity index (χ2v) is 6.61. The lowest BCUT2D eigenvalue weighted by atomic mass is 10.1. The molecule has 0 bridgehead atoms. The van der Waals surface area contributed by atoms with Gasteiger partial charge in [-0.2, -0.15) is 0 Å². The number of halogens is 1. The van der Waals surface area contributed by atoms with Crippen LogP contribution in [0.15, 0.2) is 34.9 Å². The Bertz CT molecular complexity index is 773. The second kappa shape index (κ2) is 9.30. The molecule has 1 aromatic heterocycles. The first-order valence-corrected chi connectivity index (χ1v) is 9.17. The third-order valence-electron chi connectivity index (χ3n) is 4.55. The molecule has 0 saturated heterocycles. The molecule has 0 fully saturated rings. The Balaban J connectivity index is 2.16. The number of nitrogens with one attached hydrogen (secondary N) is 1. The quantitative estimate of drug-likeness (QED) is 0.762. The van der Waals surface area contributed by atoms with E-state index in [1.54, 1.807) is 4.90 Å². The number of hydrogen-bond donors (Lipinski definition) is 1. The highest BCUT2D eigenvalue weighted by molar-refractivity contribution is 5.94. The zero-order chi connectivity index (χ0) is 20.0. The Morgan fingerprint density at radius 2 is 1.85 bits per heavy atom. The molecule has 0 aliphatic rings. The Morgan fingerprint density at radius 3 is 2.44 bits per heavy atom. The molecule has 27 heavy (non-hydrogen) atoms. The molecule has 2 unspecified atom stereocenters. The lowest BCUT2D eigenvalue weighted by Gasteiger charge is -2.27. The average molecular weight is 375 g/mol. The molecule has 2 aromatic rings. The van der Waals surface area contributed by atoms with Crippen LogP contribution in [0.2, 0.25) is 0 Å². The monoisotopic (exact) mass is 375 g/mol. The molecular formula is C20H26FN3O3. The van der Waals surface area contributed by atoms with Crippen molar-refractivity contribution in [2.24, 2.45) is 0 Å². The Hall–Kier alpha value is -2.70. The van der Waals surface area contributed by atoms with E-state index in [0.29, 0.717) is 5.56 Å². The van der Waals surface area contributed by atoms with Crippen LogP contribution < -0.4 is 5.32 Å². The molecule has 0 spiro atoms. The van der Waals surface area contributed by atoms with Crippen LogP contribution in [0.3, 0.4) is 0 Å². The Morgan fingerprint density at radius 1 is 1.19 bits per heavy atom. The predicted octanol–water partition coefficient (Wildman–Crippen LogP) is 3.78. The van der Waals surface area contributed by atoms with Crippen molar-refractivity contribution in [1.29, 1.82) is 0 Å². The summed E-state index contributed by atoms with van der Waals surface area (Å²) in [4.78, 5) is 30.8. The molecule has 2 amide bonds. The number of carbonyl (C=O) groups excluding carboxylic acids is 2. The van der Waals surface area contributed by atoms with E-state index < -0.39 is 5.82 Å². The number of amides is 2. The van der Waals surface area contributed by atoms with Crippen LogP contribution >= 0.6 is 0 Å². The molecule has 6 nitrogen and oxygen atoms in total. The third kappa shape index (κ3) is 5.39. The number of oxazole rings is 1. The van der Waals surface area contributed by atoms with Crippen molar-refractivity contribution in [3.05, 3.63) is 53.5 Å². The summed E-state index contributed by atoms with van der Waals surface area (Å²) >= 11 is 0. The van der Waals surface area contributed by atoms with Crippen molar-refractivity contribution in [3.8, 4) is 0 Å². The lowest BCUT2D eigenvalue weighted by Crippen LogP contribution is -2.38. The minimum absolute atomic E-state index is 0.0364. The zero-order valence-corrected chi connectivity index (χ0v) is 16.2. The van der Waals surface area contributed by atoms with E-state index in [0.717, 1.165) is 12.8 Å². The molecule has 1 N–H and O–H groups in total. The van der Waals surface area contributed by atoms with Crippen LogP contribution in [-0.2, 0) is 6.54 Å². The number of hydrogen-bond acceptors (Lipinski definition) is 4. The minimum atomic E-state index is -0.397. The van der Waals surface area contributed by atoms with Crippen LogP contribution in [0, 0.1) is 5.82 Å². The molecular weight excluding hydrogens is 349 g/mol. The van der Waals surface area contributed by atoms with Crippen molar-refractivity contribution in [2.45, 2.75) is 59.2 Å². The predicted molar refractivity (Wildman–Crippen MR) is 99.7 cm³/mol. The van der Waals surface area contributed by atoms with Gasteiger partial charge in [0, 0.05) is 17.6 Å². The minimum Gasteiger partial charge on any atom is -0.446 e. The normalized spacial score (nSPS) is 13.1. The second-order valence-electron chi connectivity index (χ2n) is 6.61. The molecule has 0 aliphatic carbocycles. The largest absolute Gasteiger partial charge is 0.446 e. The third-order valence-corrected chi connectivity index (χ3v) is 4.55. The van der Waals surface area contributed by atoms with Crippen molar-refractivity contribution in [3.63, 3.8) is 0 Å². The van der Waals surface area contributed by atoms with E-state index in [2.05, 4.69) is 10.3 Å². The van der Waals surface area contributed by atoms with Gasteiger partial charge in [-0.25, -0.2) is 9.37 Å². The molecule has 1 heterocycles. The number of carbonyl (C=O) groups is 2. The first-order valence-electron chi connectivity index (χ1n) is 9.17. The van der Waals surface area contributed by atoms with Gasteiger partial charge in [0.15, 0.2) is 5.69 Å². The van der Waals surface area contributed by atoms with Gasteiger partial charge < -0.3 is 14.6 Å². The number of rotatable bonds is 8. The maximum Gasteiger partial charge on any atom is 0.273 e. The fraction of sp³-hybridized carbons (Fsp3) is 0.450. The van der Waals surface area contributed by atoms with Crippen molar-refractivity contribution >= 4 is 11.8 Å². The van der Waals surface area contributed by atoms with Gasteiger partial charge in [-0.1, -0.05) is 13.8 Å². The van der Waals surface area contributed by atoms with Gasteiger partial charge in [0.1, 0.15) is 12.1 Å². The van der Waals surface area contributed by atoms with Crippen LogP contribution in [0.1, 0.15) is 67.3 Å². The summed E-state index contributed by atoms with van der Waals surface area (Å²) < 4.78 is 18.5. The first-order chi connectivity index (χ1) is 12.8. The van der Waals surface area contributed by atoms with Gasteiger partial charge in [-0.05, 0) is 51.0 Å². The van der Waals surface area contributed by atoms with E-state index in [4.69, 9.17) is 4.42 Å². The molecule has 0 saturated carbocycles. The lowest BCUT2D eigenvalue weighted by molar-refractivity contribution is 0.0652. The number of aromatic nitrogens is 1. The number of nitrogens with zero attached hydrogens (tertiary/aromatic N) is 2. The standard InChI is InChI=1S/C20H26FN3O3/c1-5-13(3)22-19(25)17-12-27-18(23-17)11-24(14(4)6-2)20(26)15-7-9-16(21)10-8-15/h7-10,12-14H,5-6,11H2,1-4H3,(H,22,25).